The van der Waals surface area contributed by atoms with Crippen LogP contribution in [-0.2, 0) is 99.0 Å². The lowest BCUT2D eigenvalue weighted by Gasteiger charge is -2.39. The van der Waals surface area contributed by atoms with Crippen LogP contribution in [0.5, 0.6) is 5.75 Å². The Morgan fingerprint density at radius 3 is 1.77 bits per heavy atom. The third-order valence-corrected chi connectivity index (χ3v) is 22.3. The molecular weight excluding hydrogens is 1660 g/mol. The molecule has 1 aliphatic rings. The summed E-state index contributed by atoms with van der Waals surface area (Å²) in [5.74, 6) is -18.2. The summed E-state index contributed by atoms with van der Waals surface area (Å²) in [5, 5.41) is 88.3. The molecular formula is C76H107N13O27S4. The zero-order valence-corrected chi connectivity index (χ0v) is 70.6. The van der Waals surface area contributed by atoms with Gasteiger partial charge in [0.2, 0.25) is 41.4 Å². The van der Waals surface area contributed by atoms with Crippen molar-refractivity contribution in [3.8, 4) is 5.75 Å². The number of esters is 2. The SMILES string of the molecule is CCCC(=O)OCN(C(=O)C(NC(=O)C1CCCCN1C)C(C)CC)C(CC(OC(C)=O)c1nc(C(=O)NC(CCC(=O)NNC(=O)OCCSSCC(NC(=O)C(Cc2ccccc2)NC(=O)C(CC(=O)O)NC(=O)CCC(NC(=O)CCC(NC(=S)NC(CCC(=O)O)C(=O)O)C(=O)O)C(=O)O)C(=O)O)Cc2ccc(O)cc2)cs1)C(C)C. The average Bonchev–Trinajstić information content (AvgIpc) is 1.43. The smallest absolute Gasteiger partial charge is 0.426 e. The normalized spacial score (nSPS) is 15.3. The number of carboxylic acid groups (broad SMARTS) is 6. The lowest BCUT2D eigenvalue weighted by atomic mass is 9.92. The van der Waals surface area contributed by atoms with Gasteiger partial charge >= 0.3 is 53.8 Å². The fraction of sp³-hybridized carbons (Fsp3) is 0.566. The number of phenolic OH excluding ortho intramolecular Hbond substituents is 1. The van der Waals surface area contributed by atoms with Gasteiger partial charge in [0.15, 0.2) is 17.9 Å². The Balaban J connectivity index is 1.34. The predicted molar refractivity (Wildman–Crippen MR) is 437 cm³/mol. The lowest BCUT2D eigenvalue weighted by Crippen LogP contribution is -2.59. The average molecular weight is 1760 g/mol. The number of likely N-dealkylation sites (N-methyl/N-ethyl adjacent to an activating group) is 1. The summed E-state index contributed by atoms with van der Waals surface area (Å²) >= 11 is 5.97. The summed E-state index contributed by atoms with van der Waals surface area (Å²) in [4.78, 5) is 228. The van der Waals surface area contributed by atoms with Gasteiger partial charge in [0, 0.05) is 80.8 Å². The maximum absolute atomic E-state index is 15.0. The Kier molecular flexibility index (Phi) is 44.6. The molecule has 662 valence electrons. The topological polar surface area (TPSA) is 599 Å². The summed E-state index contributed by atoms with van der Waals surface area (Å²) in [6, 6.07) is 0.803. The van der Waals surface area contributed by atoms with Gasteiger partial charge in [-0.2, -0.15) is 0 Å². The molecule has 0 radical (unpaired) electrons. The van der Waals surface area contributed by atoms with Crippen LogP contribution in [0, 0.1) is 11.8 Å². The van der Waals surface area contributed by atoms with Gasteiger partial charge in [0.1, 0.15) is 65.4 Å². The molecule has 1 saturated heterocycles. The molecule has 3 aromatic rings. The fourth-order valence-corrected chi connectivity index (χ4v) is 15.2. The fourth-order valence-electron chi connectivity index (χ4n) is 12.1. The highest BCUT2D eigenvalue weighted by Gasteiger charge is 2.41. The van der Waals surface area contributed by atoms with E-state index in [1.807, 2.05) is 39.6 Å². The summed E-state index contributed by atoms with van der Waals surface area (Å²) in [5.41, 5.74) is 5.34. The van der Waals surface area contributed by atoms with Crippen molar-refractivity contribution in [2.24, 2.45) is 11.8 Å². The second-order valence-corrected chi connectivity index (χ2v) is 32.4. The van der Waals surface area contributed by atoms with E-state index in [2.05, 4.69) is 58.4 Å². The first-order valence-corrected chi connectivity index (χ1v) is 42.4. The lowest BCUT2D eigenvalue weighted by molar-refractivity contribution is -0.161. The van der Waals surface area contributed by atoms with Crippen LogP contribution in [0.1, 0.15) is 177 Å². The van der Waals surface area contributed by atoms with E-state index >= 15 is 4.79 Å². The monoisotopic (exact) mass is 1760 g/mol. The van der Waals surface area contributed by atoms with Gasteiger partial charge in [-0.25, -0.2) is 34.4 Å². The number of carbonyl (C=O) groups is 17. The molecule has 0 bridgehead atoms. The number of carbonyl (C=O) groups excluding carboxylic acids is 11. The minimum absolute atomic E-state index is 0.0254. The number of rotatable bonds is 53. The number of thiazole rings is 1. The highest BCUT2D eigenvalue weighted by Crippen LogP contribution is 2.33. The van der Waals surface area contributed by atoms with Crippen molar-refractivity contribution in [2.75, 3.05) is 38.4 Å². The number of aliphatic carboxylic acids is 6. The molecule has 1 aromatic heterocycles. The number of aromatic nitrogens is 1. The molecule has 17 N–H and O–H groups in total. The largest absolute Gasteiger partial charge is 0.508 e. The molecule has 2 aromatic carbocycles. The van der Waals surface area contributed by atoms with Crippen LogP contribution in [0.2, 0.25) is 0 Å². The summed E-state index contributed by atoms with van der Waals surface area (Å²) in [6.07, 6.45) is -4.10. The Labute approximate surface area is 708 Å². The molecule has 0 saturated carbocycles. The zero-order chi connectivity index (χ0) is 89.3. The van der Waals surface area contributed by atoms with Crippen molar-refractivity contribution < 1.29 is 131 Å². The van der Waals surface area contributed by atoms with Crippen molar-refractivity contribution in [2.45, 2.75) is 224 Å². The number of benzene rings is 2. The number of amides is 9. The van der Waals surface area contributed by atoms with Gasteiger partial charge in [-0.05, 0) is 112 Å². The third kappa shape index (κ3) is 37.5. The first kappa shape index (κ1) is 101. The molecule has 9 amide bonds. The quantitative estimate of drug-likeness (QED) is 0.00735. The van der Waals surface area contributed by atoms with Gasteiger partial charge in [-0.3, -0.25) is 67.9 Å². The number of aromatic hydroxyl groups is 1. The highest BCUT2D eigenvalue weighted by molar-refractivity contribution is 8.76. The second-order valence-electron chi connectivity index (χ2n) is 28.5. The second kappa shape index (κ2) is 52.8. The van der Waals surface area contributed by atoms with Crippen LogP contribution < -0.4 is 53.4 Å². The Morgan fingerprint density at radius 2 is 1.20 bits per heavy atom. The van der Waals surface area contributed by atoms with Crippen molar-refractivity contribution in [3.63, 3.8) is 0 Å². The zero-order valence-electron chi connectivity index (χ0n) is 67.3. The maximum Gasteiger partial charge on any atom is 0.426 e. The minimum Gasteiger partial charge on any atom is -0.508 e. The molecule has 4 rings (SSSR count). The maximum atomic E-state index is 15.0. The number of hydrazine groups is 1. The van der Waals surface area contributed by atoms with Crippen LogP contribution >= 0.6 is 45.1 Å². The summed E-state index contributed by atoms with van der Waals surface area (Å²) in [7, 11) is 3.80. The molecule has 12 atom stereocenters. The van der Waals surface area contributed by atoms with E-state index in [1.165, 1.54) is 29.3 Å². The summed E-state index contributed by atoms with van der Waals surface area (Å²) in [6.45, 7) is 10.3. The van der Waals surface area contributed by atoms with E-state index in [0.717, 1.165) is 45.8 Å². The number of hydrogen-bond donors (Lipinski definition) is 17. The number of carboxylic acids is 6. The van der Waals surface area contributed by atoms with Crippen LogP contribution in [0.15, 0.2) is 60.0 Å². The summed E-state index contributed by atoms with van der Waals surface area (Å²) < 4.78 is 16.7. The number of thiocarbonyl (C=S) groups is 1. The number of ether oxygens (including phenoxy) is 3. The molecule has 0 aliphatic carbocycles. The number of likely N-dealkylation sites (tertiary alicyclic amines) is 1. The Hall–Kier alpha value is -11.0. The molecule has 1 aliphatic heterocycles. The van der Waals surface area contributed by atoms with Gasteiger partial charge in [-0.1, -0.05) is 112 Å². The van der Waals surface area contributed by atoms with Crippen molar-refractivity contribution in [1.29, 1.82) is 0 Å². The molecule has 2 heterocycles. The van der Waals surface area contributed by atoms with E-state index in [0.29, 0.717) is 36.9 Å². The van der Waals surface area contributed by atoms with Crippen molar-refractivity contribution >= 4 is 151 Å². The first-order chi connectivity index (χ1) is 56.8. The van der Waals surface area contributed by atoms with Crippen molar-refractivity contribution in [1.82, 2.24) is 68.2 Å². The van der Waals surface area contributed by atoms with Gasteiger partial charge in [-0.15, -0.1) is 11.3 Å². The Bertz CT molecular complexity index is 4010. The number of nitrogens with zero attached hydrogens (tertiary/aromatic N) is 3. The van der Waals surface area contributed by atoms with E-state index in [9.17, 15) is 107 Å². The van der Waals surface area contributed by atoms with Crippen molar-refractivity contribution in [3.05, 3.63) is 81.8 Å². The Morgan fingerprint density at radius 1 is 0.625 bits per heavy atom. The van der Waals surface area contributed by atoms with Crippen LogP contribution in [0.25, 0.3) is 0 Å². The molecule has 120 heavy (non-hydrogen) atoms. The number of hydrogen-bond acceptors (Lipinski definition) is 27. The number of phenols is 1. The van der Waals surface area contributed by atoms with Gasteiger partial charge < -0.3 is 97.4 Å². The third-order valence-electron chi connectivity index (χ3n) is 18.8. The number of piperidine rings is 1. The standard InChI is InChI=1S/C76H107N13O27S4/c1-8-15-63(99)115-40-89(70(104)64(42(5)9-2)85-68(103)55-18-13-14-31-88(55)7)56(41(3)4)37-57(116-43(6)90)69-82-53(38-118-69)67(102)77-46(34-45-19-22-47(91)23-20-45)21-27-60(94)86-87-76(113)114-32-33-119-120-39-54(74(111)112)81-65(100)51(35-44-16-11-10-12-17-44)80-66(101)52(36-62(97)98)79-59(93)28-24-48(71(105)106)78-58(92)29-25-49(72(107)108)83-75(117)84-50(73(109)110)26-30-61(95)96/h10-12,16-17,19-20,22-23,38,41-42,46,48-52,54-57,64,91H,8-9,13-15,18,21,24-37,39-40H2,1-7H3,(H,77,102)(H,78,92)(H,79,93)(H,80,101)(H,81,100)(H,85,103)(H,86,94)(H,87,113)(H,95,96)(H,97,98)(H,105,106)(H,107,108)(H,109,110)(H,111,112)(H2,83,84,117). The minimum atomic E-state index is -1.93. The predicted octanol–water partition coefficient (Wildman–Crippen LogP) is 2.89. The molecule has 1 fully saturated rings. The number of nitrogens with one attached hydrogen (secondary N) is 10. The van der Waals surface area contributed by atoms with Crippen LogP contribution in [0.4, 0.5) is 4.79 Å². The van der Waals surface area contributed by atoms with E-state index in [4.69, 9.17) is 31.5 Å². The first-order valence-electron chi connectivity index (χ1n) is 38.6. The van der Waals surface area contributed by atoms with E-state index in [1.54, 1.807) is 49.4 Å². The molecule has 0 spiro atoms. The molecule has 40 nitrogen and oxygen atoms in total. The van der Waals surface area contributed by atoms with Crippen LogP contribution in [-0.4, -0.2) is 256 Å². The van der Waals surface area contributed by atoms with Gasteiger partial charge in [0.05, 0.1) is 12.5 Å². The van der Waals surface area contributed by atoms with E-state index < -0.39 is 219 Å². The highest BCUT2D eigenvalue weighted by atomic mass is 33.1. The van der Waals surface area contributed by atoms with Gasteiger partial charge in [0.25, 0.3) is 5.91 Å². The van der Waals surface area contributed by atoms with Crippen LogP contribution in [0.3, 0.4) is 0 Å². The van der Waals surface area contributed by atoms with E-state index in [-0.39, 0.29) is 90.8 Å². The molecule has 44 heteroatoms. The molecule has 12 unspecified atom stereocenters.